The lowest BCUT2D eigenvalue weighted by Crippen LogP contribution is -2.44. The van der Waals surface area contributed by atoms with Gasteiger partial charge in [-0.05, 0) is 38.9 Å². The van der Waals surface area contributed by atoms with E-state index in [-0.39, 0.29) is 6.04 Å². The molecule has 0 saturated carbocycles. The molecule has 6 heteroatoms. The van der Waals surface area contributed by atoms with Crippen LogP contribution in [0.2, 0.25) is 0 Å². The summed E-state index contributed by atoms with van der Waals surface area (Å²) in [5, 5.41) is 6.01. The van der Waals surface area contributed by atoms with E-state index in [4.69, 9.17) is 0 Å². The average Bonchev–Trinajstić information content (AvgIpc) is 2.38. The van der Waals surface area contributed by atoms with Gasteiger partial charge in [0.1, 0.15) is 4.75 Å². The SMILES string of the molecule is CCNC(C)c1ccccc1NC(=O)C(C)(C)S(C)(=O)=O. The van der Waals surface area contributed by atoms with Crippen molar-refractivity contribution in [3.63, 3.8) is 0 Å². The normalized spacial score (nSPS) is 13.8. The Labute approximate surface area is 127 Å². The molecular weight excluding hydrogens is 288 g/mol. The van der Waals surface area contributed by atoms with E-state index in [9.17, 15) is 13.2 Å². The van der Waals surface area contributed by atoms with E-state index >= 15 is 0 Å². The van der Waals surface area contributed by atoms with E-state index in [0.717, 1.165) is 18.4 Å². The third-order valence-corrected chi connectivity index (χ3v) is 5.70. The second-order valence-corrected chi connectivity index (χ2v) is 8.17. The molecule has 1 rings (SSSR count). The lowest BCUT2D eigenvalue weighted by atomic mass is 10.1. The molecule has 5 nitrogen and oxygen atoms in total. The molecule has 0 heterocycles. The van der Waals surface area contributed by atoms with Gasteiger partial charge < -0.3 is 10.6 Å². The fourth-order valence-electron chi connectivity index (χ4n) is 1.85. The van der Waals surface area contributed by atoms with Gasteiger partial charge >= 0.3 is 0 Å². The predicted molar refractivity (Wildman–Crippen MR) is 86.1 cm³/mol. The zero-order chi connectivity index (χ0) is 16.3. The summed E-state index contributed by atoms with van der Waals surface area (Å²) >= 11 is 0. The highest BCUT2D eigenvalue weighted by atomic mass is 32.2. The maximum Gasteiger partial charge on any atom is 0.245 e. The second-order valence-electron chi connectivity index (χ2n) is 5.60. The van der Waals surface area contributed by atoms with Gasteiger partial charge in [-0.25, -0.2) is 8.42 Å². The Hall–Kier alpha value is -1.40. The minimum Gasteiger partial charge on any atom is -0.324 e. The van der Waals surface area contributed by atoms with Crippen molar-refractivity contribution in [2.24, 2.45) is 0 Å². The molecule has 1 aromatic rings. The van der Waals surface area contributed by atoms with Crippen LogP contribution in [0.15, 0.2) is 24.3 Å². The van der Waals surface area contributed by atoms with Crippen molar-refractivity contribution < 1.29 is 13.2 Å². The first-order valence-corrected chi connectivity index (χ1v) is 8.83. The number of benzene rings is 1. The molecule has 0 aromatic heterocycles. The maximum atomic E-state index is 12.3. The van der Waals surface area contributed by atoms with Crippen molar-refractivity contribution in [1.29, 1.82) is 0 Å². The van der Waals surface area contributed by atoms with Crippen LogP contribution in [-0.4, -0.2) is 31.9 Å². The van der Waals surface area contributed by atoms with Crippen LogP contribution in [0.3, 0.4) is 0 Å². The zero-order valence-corrected chi connectivity index (χ0v) is 14.0. The summed E-state index contributed by atoms with van der Waals surface area (Å²) in [5.74, 6) is -0.527. The maximum absolute atomic E-state index is 12.3. The van der Waals surface area contributed by atoms with Crippen molar-refractivity contribution >= 4 is 21.4 Å². The molecule has 1 atom stereocenters. The molecule has 0 bridgehead atoms. The summed E-state index contributed by atoms with van der Waals surface area (Å²) in [7, 11) is -3.49. The topological polar surface area (TPSA) is 75.3 Å². The summed E-state index contributed by atoms with van der Waals surface area (Å²) < 4.78 is 22.0. The van der Waals surface area contributed by atoms with E-state index in [1.807, 2.05) is 32.0 Å². The first kappa shape index (κ1) is 17.7. The van der Waals surface area contributed by atoms with E-state index in [2.05, 4.69) is 10.6 Å². The summed E-state index contributed by atoms with van der Waals surface area (Å²) in [5.41, 5.74) is 1.56. The highest BCUT2D eigenvalue weighted by Gasteiger charge is 2.38. The Morgan fingerprint density at radius 3 is 2.38 bits per heavy atom. The molecule has 1 aromatic carbocycles. The largest absolute Gasteiger partial charge is 0.324 e. The number of hydrogen-bond donors (Lipinski definition) is 2. The number of hydrogen-bond acceptors (Lipinski definition) is 4. The fourth-order valence-corrected chi connectivity index (χ4v) is 2.23. The molecule has 0 saturated heterocycles. The quantitative estimate of drug-likeness (QED) is 0.843. The lowest BCUT2D eigenvalue weighted by molar-refractivity contribution is -0.117. The first-order chi connectivity index (χ1) is 9.61. The van der Waals surface area contributed by atoms with E-state index in [1.54, 1.807) is 6.07 Å². The van der Waals surface area contributed by atoms with Crippen LogP contribution in [0.25, 0.3) is 0 Å². The molecule has 1 amide bonds. The van der Waals surface area contributed by atoms with E-state index in [0.29, 0.717) is 5.69 Å². The van der Waals surface area contributed by atoms with Crippen molar-refractivity contribution in [2.75, 3.05) is 18.1 Å². The molecule has 0 fully saturated rings. The summed E-state index contributed by atoms with van der Waals surface area (Å²) in [6, 6.07) is 7.45. The molecule has 1 unspecified atom stereocenters. The van der Waals surface area contributed by atoms with Crippen LogP contribution in [0, 0.1) is 0 Å². The smallest absolute Gasteiger partial charge is 0.245 e. The second kappa shape index (κ2) is 6.58. The van der Waals surface area contributed by atoms with Gasteiger partial charge in [0.05, 0.1) is 0 Å². The third kappa shape index (κ3) is 4.04. The zero-order valence-electron chi connectivity index (χ0n) is 13.2. The van der Waals surface area contributed by atoms with Crippen molar-refractivity contribution in [3.05, 3.63) is 29.8 Å². The molecule has 0 aliphatic heterocycles. The van der Waals surface area contributed by atoms with Gasteiger partial charge in [-0.2, -0.15) is 0 Å². The van der Waals surface area contributed by atoms with Crippen LogP contribution < -0.4 is 10.6 Å². The lowest BCUT2D eigenvalue weighted by Gasteiger charge is -2.23. The highest BCUT2D eigenvalue weighted by Crippen LogP contribution is 2.25. The summed E-state index contributed by atoms with van der Waals surface area (Å²) in [6.45, 7) is 7.63. The van der Waals surface area contributed by atoms with Gasteiger partial charge in [-0.15, -0.1) is 0 Å². The minimum absolute atomic E-state index is 0.0628. The third-order valence-electron chi connectivity index (χ3n) is 3.66. The molecule has 2 N–H and O–H groups in total. The minimum atomic E-state index is -3.49. The van der Waals surface area contributed by atoms with Crippen LogP contribution in [0.5, 0.6) is 0 Å². The molecule has 0 aliphatic rings. The van der Waals surface area contributed by atoms with Crippen molar-refractivity contribution in [2.45, 2.75) is 38.5 Å². The molecule has 0 aliphatic carbocycles. The average molecular weight is 312 g/mol. The Bertz CT molecular complexity index is 609. The van der Waals surface area contributed by atoms with Crippen LogP contribution in [0.4, 0.5) is 5.69 Å². The van der Waals surface area contributed by atoms with Gasteiger partial charge in [0, 0.05) is 18.0 Å². The van der Waals surface area contributed by atoms with Crippen LogP contribution in [0.1, 0.15) is 39.3 Å². The fraction of sp³-hybridized carbons (Fsp3) is 0.533. The number of amides is 1. The Morgan fingerprint density at radius 1 is 1.29 bits per heavy atom. The van der Waals surface area contributed by atoms with Crippen molar-refractivity contribution in [3.8, 4) is 0 Å². The Kier molecular flexibility index (Phi) is 5.53. The number of sulfone groups is 1. The summed E-state index contributed by atoms with van der Waals surface area (Å²) in [6.07, 6.45) is 1.07. The molecule has 0 radical (unpaired) electrons. The van der Waals surface area contributed by atoms with Gasteiger partial charge in [0.25, 0.3) is 0 Å². The Balaban J connectivity index is 3.07. The van der Waals surface area contributed by atoms with E-state index < -0.39 is 20.5 Å². The molecule has 0 spiro atoms. The van der Waals surface area contributed by atoms with Gasteiger partial charge in [-0.1, -0.05) is 25.1 Å². The van der Waals surface area contributed by atoms with Crippen LogP contribution in [-0.2, 0) is 14.6 Å². The number of carbonyl (C=O) groups is 1. The highest BCUT2D eigenvalue weighted by molar-refractivity contribution is 7.92. The number of carbonyl (C=O) groups excluding carboxylic acids is 1. The number of para-hydroxylation sites is 1. The van der Waals surface area contributed by atoms with Crippen molar-refractivity contribution in [1.82, 2.24) is 5.32 Å². The van der Waals surface area contributed by atoms with E-state index in [1.165, 1.54) is 13.8 Å². The van der Waals surface area contributed by atoms with Gasteiger partial charge in [0.2, 0.25) is 5.91 Å². The molecular formula is C15H24N2O3S. The Morgan fingerprint density at radius 2 is 1.86 bits per heavy atom. The number of anilines is 1. The standard InChI is InChI=1S/C15H24N2O3S/c1-6-16-11(2)12-9-7-8-10-13(12)17-14(18)15(3,4)21(5,19)20/h7-11,16H,6H2,1-5H3,(H,17,18). The van der Waals surface area contributed by atoms with Gasteiger partial charge in [-0.3, -0.25) is 4.79 Å². The molecule has 21 heavy (non-hydrogen) atoms. The predicted octanol–water partition coefficient (Wildman–Crippen LogP) is 2.12. The first-order valence-electron chi connectivity index (χ1n) is 6.94. The monoisotopic (exact) mass is 312 g/mol. The number of nitrogens with one attached hydrogen (secondary N) is 2. The molecule has 118 valence electrons. The number of rotatable bonds is 6. The summed E-state index contributed by atoms with van der Waals surface area (Å²) in [4.78, 5) is 12.3. The van der Waals surface area contributed by atoms with Gasteiger partial charge in [0.15, 0.2) is 9.84 Å². The van der Waals surface area contributed by atoms with Crippen LogP contribution >= 0.6 is 0 Å².